The van der Waals surface area contributed by atoms with E-state index in [4.69, 9.17) is 16.3 Å². The van der Waals surface area contributed by atoms with Gasteiger partial charge in [0.2, 0.25) is 0 Å². The van der Waals surface area contributed by atoms with E-state index in [0.29, 0.717) is 10.8 Å². The summed E-state index contributed by atoms with van der Waals surface area (Å²) in [4.78, 5) is 0. The summed E-state index contributed by atoms with van der Waals surface area (Å²) in [6.45, 7) is 1.96. The first-order chi connectivity index (χ1) is 9.56. The molecule has 0 saturated carbocycles. The maximum absolute atomic E-state index is 13.5. The van der Waals surface area contributed by atoms with Crippen molar-refractivity contribution in [3.63, 3.8) is 0 Å². The highest BCUT2D eigenvalue weighted by atomic mass is 35.5. The third-order valence-electron chi connectivity index (χ3n) is 3.35. The van der Waals surface area contributed by atoms with Gasteiger partial charge in [-0.25, -0.2) is 4.39 Å². The molecule has 0 aliphatic rings. The van der Waals surface area contributed by atoms with Crippen molar-refractivity contribution in [2.45, 2.75) is 13.0 Å². The Hall–Kier alpha value is -1.58. The molecule has 0 bridgehead atoms. The van der Waals surface area contributed by atoms with Crippen LogP contribution < -0.4 is 10.1 Å². The first-order valence-corrected chi connectivity index (χ1v) is 6.71. The fraction of sp³-hybridized carbons (Fsp3) is 0.250. The van der Waals surface area contributed by atoms with Gasteiger partial charge in [-0.3, -0.25) is 0 Å². The Balaban J connectivity index is 2.46. The van der Waals surface area contributed by atoms with Crippen LogP contribution in [0.1, 0.15) is 22.7 Å². The highest BCUT2D eigenvalue weighted by Gasteiger charge is 2.16. The number of halogens is 2. The van der Waals surface area contributed by atoms with E-state index >= 15 is 0 Å². The van der Waals surface area contributed by atoms with Crippen molar-refractivity contribution in [3.8, 4) is 5.75 Å². The molecule has 0 fully saturated rings. The molecule has 1 atom stereocenters. The molecule has 2 rings (SSSR count). The molecule has 106 valence electrons. The topological polar surface area (TPSA) is 21.3 Å². The molecule has 1 unspecified atom stereocenters. The summed E-state index contributed by atoms with van der Waals surface area (Å²) in [7, 11) is 3.42. The molecule has 0 aliphatic carbocycles. The van der Waals surface area contributed by atoms with Gasteiger partial charge >= 0.3 is 0 Å². The molecule has 2 aromatic carbocycles. The van der Waals surface area contributed by atoms with Crippen LogP contribution in [0.4, 0.5) is 4.39 Å². The number of methoxy groups -OCH3 is 1. The van der Waals surface area contributed by atoms with Crippen molar-refractivity contribution >= 4 is 11.6 Å². The maximum atomic E-state index is 13.5. The normalized spacial score (nSPS) is 12.2. The number of nitrogens with one attached hydrogen (secondary N) is 1. The maximum Gasteiger partial charge on any atom is 0.137 e. The van der Waals surface area contributed by atoms with E-state index in [1.807, 2.05) is 32.2 Å². The molecule has 0 aliphatic heterocycles. The van der Waals surface area contributed by atoms with Gasteiger partial charge in [-0.1, -0.05) is 23.7 Å². The molecule has 2 aromatic rings. The summed E-state index contributed by atoms with van der Waals surface area (Å²) in [6, 6.07) is 10.3. The van der Waals surface area contributed by atoms with Crippen LogP contribution in [0.5, 0.6) is 5.75 Å². The van der Waals surface area contributed by atoms with Crippen LogP contribution in [0.2, 0.25) is 5.02 Å². The lowest BCUT2D eigenvalue weighted by molar-refractivity contribution is 0.414. The van der Waals surface area contributed by atoms with Crippen LogP contribution in [0.3, 0.4) is 0 Å². The highest BCUT2D eigenvalue weighted by Crippen LogP contribution is 2.31. The van der Waals surface area contributed by atoms with E-state index in [0.717, 1.165) is 16.7 Å². The number of rotatable bonds is 4. The zero-order valence-electron chi connectivity index (χ0n) is 11.7. The number of aryl methyl sites for hydroxylation is 1. The fourth-order valence-electron chi connectivity index (χ4n) is 2.29. The molecular formula is C16H17ClFNO. The number of hydrogen-bond acceptors (Lipinski definition) is 2. The Bertz CT molecular complexity index is 615. The number of benzene rings is 2. The van der Waals surface area contributed by atoms with E-state index in [1.54, 1.807) is 19.2 Å². The molecule has 0 aromatic heterocycles. The van der Waals surface area contributed by atoms with Gasteiger partial charge in [-0.2, -0.15) is 0 Å². The van der Waals surface area contributed by atoms with Gasteiger partial charge in [0.15, 0.2) is 0 Å². The fourth-order valence-corrected chi connectivity index (χ4v) is 2.55. The minimum atomic E-state index is -0.245. The minimum absolute atomic E-state index is 0.117. The van der Waals surface area contributed by atoms with Gasteiger partial charge in [0.1, 0.15) is 11.6 Å². The van der Waals surface area contributed by atoms with Crippen LogP contribution in [0.25, 0.3) is 0 Å². The van der Waals surface area contributed by atoms with E-state index in [9.17, 15) is 4.39 Å². The third kappa shape index (κ3) is 2.94. The molecule has 0 heterocycles. The predicted octanol–water partition coefficient (Wildman–Crippen LogP) is 4.10. The Labute approximate surface area is 123 Å². The lowest BCUT2D eigenvalue weighted by atomic mass is 9.95. The van der Waals surface area contributed by atoms with Crippen molar-refractivity contribution in [3.05, 3.63) is 63.9 Å². The van der Waals surface area contributed by atoms with Crippen LogP contribution >= 0.6 is 11.6 Å². The summed E-state index contributed by atoms with van der Waals surface area (Å²) < 4.78 is 18.6. The molecule has 0 radical (unpaired) electrons. The SMILES string of the molecule is CNC(c1ccc(OC)c(Cl)c1)c1cc(F)ccc1C. The average molecular weight is 294 g/mol. The third-order valence-corrected chi connectivity index (χ3v) is 3.65. The Kier molecular flexibility index (Phi) is 4.63. The Morgan fingerprint density at radius 2 is 1.95 bits per heavy atom. The summed E-state index contributed by atoms with van der Waals surface area (Å²) in [5, 5.41) is 3.74. The van der Waals surface area contributed by atoms with Gasteiger partial charge in [-0.15, -0.1) is 0 Å². The Morgan fingerprint density at radius 3 is 2.55 bits per heavy atom. The van der Waals surface area contributed by atoms with Crippen LogP contribution in [-0.4, -0.2) is 14.2 Å². The van der Waals surface area contributed by atoms with Crippen molar-refractivity contribution in [2.24, 2.45) is 0 Å². The molecule has 0 saturated heterocycles. The quantitative estimate of drug-likeness (QED) is 0.916. The molecule has 2 nitrogen and oxygen atoms in total. The second-order valence-corrected chi connectivity index (χ2v) is 5.02. The first kappa shape index (κ1) is 14.8. The van der Waals surface area contributed by atoms with Gasteiger partial charge in [-0.05, 0) is 54.9 Å². The lowest BCUT2D eigenvalue weighted by Gasteiger charge is -2.20. The summed E-state index contributed by atoms with van der Waals surface area (Å²) in [5.74, 6) is 0.381. The van der Waals surface area contributed by atoms with Crippen molar-refractivity contribution in [1.82, 2.24) is 5.32 Å². The van der Waals surface area contributed by atoms with E-state index in [1.165, 1.54) is 6.07 Å². The van der Waals surface area contributed by atoms with E-state index in [-0.39, 0.29) is 11.9 Å². The monoisotopic (exact) mass is 293 g/mol. The molecule has 0 amide bonds. The standard InChI is InChI=1S/C16H17ClFNO/c1-10-4-6-12(18)9-13(10)16(19-2)11-5-7-15(20-3)14(17)8-11/h4-9,16,19H,1-3H3. The summed E-state index contributed by atoms with van der Waals surface area (Å²) in [6.07, 6.45) is 0. The van der Waals surface area contributed by atoms with Crippen molar-refractivity contribution < 1.29 is 9.13 Å². The van der Waals surface area contributed by atoms with Gasteiger partial charge in [0, 0.05) is 0 Å². The van der Waals surface area contributed by atoms with Crippen LogP contribution in [-0.2, 0) is 0 Å². The number of ether oxygens (including phenoxy) is 1. The number of hydrogen-bond donors (Lipinski definition) is 1. The van der Waals surface area contributed by atoms with Crippen molar-refractivity contribution in [2.75, 3.05) is 14.2 Å². The molecule has 0 spiro atoms. The second kappa shape index (κ2) is 6.25. The lowest BCUT2D eigenvalue weighted by Crippen LogP contribution is -2.19. The van der Waals surface area contributed by atoms with Crippen LogP contribution in [0, 0.1) is 12.7 Å². The Morgan fingerprint density at radius 1 is 1.20 bits per heavy atom. The van der Waals surface area contributed by atoms with E-state index < -0.39 is 0 Å². The van der Waals surface area contributed by atoms with Gasteiger partial charge in [0.05, 0.1) is 18.2 Å². The molecule has 20 heavy (non-hydrogen) atoms. The van der Waals surface area contributed by atoms with Crippen molar-refractivity contribution in [1.29, 1.82) is 0 Å². The van der Waals surface area contributed by atoms with Crippen LogP contribution in [0.15, 0.2) is 36.4 Å². The van der Waals surface area contributed by atoms with Gasteiger partial charge < -0.3 is 10.1 Å². The summed E-state index contributed by atoms with van der Waals surface area (Å²) >= 11 is 6.16. The first-order valence-electron chi connectivity index (χ1n) is 6.33. The molecular weight excluding hydrogens is 277 g/mol. The zero-order valence-corrected chi connectivity index (χ0v) is 12.5. The van der Waals surface area contributed by atoms with Gasteiger partial charge in [0.25, 0.3) is 0 Å². The zero-order chi connectivity index (χ0) is 14.7. The summed E-state index contributed by atoms with van der Waals surface area (Å²) in [5.41, 5.74) is 2.89. The minimum Gasteiger partial charge on any atom is -0.495 e. The second-order valence-electron chi connectivity index (χ2n) is 4.62. The smallest absolute Gasteiger partial charge is 0.137 e. The highest BCUT2D eigenvalue weighted by molar-refractivity contribution is 6.32. The molecule has 4 heteroatoms. The molecule has 1 N–H and O–H groups in total. The van der Waals surface area contributed by atoms with E-state index in [2.05, 4.69) is 5.32 Å². The largest absolute Gasteiger partial charge is 0.495 e. The average Bonchev–Trinajstić information content (AvgIpc) is 2.44. The predicted molar refractivity (Wildman–Crippen MR) is 80.0 cm³/mol.